The molecule has 2 N–H and O–H groups in total. The van der Waals surface area contributed by atoms with Gasteiger partial charge in [-0.15, -0.1) is 0 Å². The monoisotopic (exact) mass is 268 g/mol. The molecule has 1 heterocycles. The van der Waals surface area contributed by atoms with Gasteiger partial charge in [-0.05, 0) is 31.9 Å². The van der Waals surface area contributed by atoms with Gasteiger partial charge in [-0.2, -0.15) is 0 Å². The molecule has 0 saturated heterocycles. The number of benzene rings is 1. The third kappa shape index (κ3) is 3.12. The minimum atomic E-state index is 0.0485. The highest BCUT2D eigenvalue weighted by molar-refractivity contribution is 5.95. The molecule has 1 fully saturated rings. The van der Waals surface area contributed by atoms with Crippen LogP contribution in [0.25, 0.3) is 0 Å². The summed E-state index contributed by atoms with van der Waals surface area (Å²) in [6.45, 7) is 1.56. The molecule has 0 unspecified atom stereocenters. The zero-order valence-electron chi connectivity index (χ0n) is 11.3. The molecule has 1 aliphatic rings. The molecule has 3 rings (SSSR count). The van der Waals surface area contributed by atoms with Crippen LogP contribution in [-0.2, 0) is 0 Å². The Balaban J connectivity index is 1.76. The molecule has 0 bridgehead atoms. The highest BCUT2D eigenvalue weighted by Gasteiger charge is 2.21. The van der Waals surface area contributed by atoms with Gasteiger partial charge in [-0.25, -0.2) is 9.97 Å². The molecule has 102 valence electrons. The number of Topliss-reactive ketones (excluding diaryl/α,β-unsaturated/α-hetero) is 1. The first-order chi connectivity index (χ1) is 9.70. The molecule has 2 aromatic rings. The Hall–Kier alpha value is -2.43. The molecule has 1 aliphatic carbocycles. The summed E-state index contributed by atoms with van der Waals surface area (Å²) in [6, 6.07) is 9.80. The summed E-state index contributed by atoms with van der Waals surface area (Å²) >= 11 is 0. The van der Waals surface area contributed by atoms with Gasteiger partial charge in [0.1, 0.15) is 18.0 Å². The van der Waals surface area contributed by atoms with Gasteiger partial charge < -0.3 is 10.6 Å². The van der Waals surface area contributed by atoms with E-state index in [1.807, 2.05) is 24.3 Å². The molecule has 0 aliphatic heterocycles. The average molecular weight is 268 g/mol. The van der Waals surface area contributed by atoms with Crippen LogP contribution in [0, 0.1) is 0 Å². The number of aromatic nitrogens is 2. The van der Waals surface area contributed by atoms with Crippen LogP contribution < -0.4 is 10.6 Å². The van der Waals surface area contributed by atoms with E-state index < -0.39 is 0 Å². The summed E-state index contributed by atoms with van der Waals surface area (Å²) < 4.78 is 0. The highest BCUT2D eigenvalue weighted by Crippen LogP contribution is 2.25. The molecular weight excluding hydrogens is 252 g/mol. The van der Waals surface area contributed by atoms with Gasteiger partial charge in [0, 0.05) is 23.4 Å². The standard InChI is InChI=1S/C15H16N4O/c1-10(20)11-3-2-4-13(7-11)19-15-8-14(16-9-17-15)18-12-5-6-12/h2-4,7-9,12H,5-6H2,1H3,(H2,16,17,18,19). The first-order valence-electron chi connectivity index (χ1n) is 6.67. The summed E-state index contributed by atoms with van der Waals surface area (Å²) in [4.78, 5) is 19.7. The highest BCUT2D eigenvalue weighted by atomic mass is 16.1. The van der Waals surface area contributed by atoms with E-state index in [0.717, 1.165) is 11.5 Å². The van der Waals surface area contributed by atoms with E-state index in [0.29, 0.717) is 17.4 Å². The lowest BCUT2D eigenvalue weighted by atomic mass is 10.1. The molecule has 1 aromatic heterocycles. The molecular formula is C15H16N4O. The van der Waals surface area contributed by atoms with E-state index in [-0.39, 0.29) is 5.78 Å². The Bertz CT molecular complexity index is 637. The van der Waals surface area contributed by atoms with Crippen LogP contribution >= 0.6 is 0 Å². The molecule has 0 radical (unpaired) electrons. The van der Waals surface area contributed by atoms with E-state index in [4.69, 9.17) is 0 Å². The van der Waals surface area contributed by atoms with E-state index >= 15 is 0 Å². The summed E-state index contributed by atoms with van der Waals surface area (Å²) in [6.07, 6.45) is 3.93. The van der Waals surface area contributed by atoms with Gasteiger partial charge in [0.15, 0.2) is 5.78 Å². The Morgan fingerprint density at radius 2 is 2.00 bits per heavy atom. The van der Waals surface area contributed by atoms with E-state index in [1.165, 1.54) is 19.2 Å². The maximum absolute atomic E-state index is 11.4. The van der Waals surface area contributed by atoms with Gasteiger partial charge in [-0.1, -0.05) is 12.1 Å². The number of carbonyl (C=O) groups is 1. The van der Waals surface area contributed by atoms with Gasteiger partial charge in [-0.3, -0.25) is 4.79 Å². The topological polar surface area (TPSA) is 66.9 Å². The number of rotatable bonds is 5. The van der Waals surface area contributed by atoms with Crippen molar-refractivity contribution in [3.63, 3.8) is 0 Å². The summed E-state index contributed by atoms with van der Waals surface area (Å²) in [7, 11) is 0. The average Bonchev–Trinajstić information content (AvgIpc) is 3.23. The maximum atomic E-state index is 11.4. The maximum Gasteiger partial charge on any atom is 0.159 e. The predicted octanol–water partition coefficient (Wildman–Crippen LogP) is 3.00. The molecule has 5 nitrogen and oxygen atoms in total. The number of ketones is 1. The first kappa shape index (κ1) is 12.6. The third-order valence-electron chi connectivity index (χ3n) is 3.14. The smallest absolute Gasteiger partial charge is 0.159 e. The van der Waals surface area contributed by atoms with Crippen molar-refractivity contribution in [2.24, 2.45) is 0 Å². The number of carbonyl (C=O) groups excluding carboxylic acids is 1. The Morgan fingerprint density at radius 3 is 2.75 bits per heavy atom. The van der Waals surface area contributed by atoms with E-state index in [2.05, 4.69) is 20.6 Å². The minimum absolute atomic E-state index is 0.0485. The van der Waals surface area contributed by atoms with Crippen molar-refractivity contribution in [1.82, 2.24) is 9.97 Å². The van der Waals surface area contributed by atoms with E-state index in [9.17, 15) is 4.79 Å². The van der Waals surface area contributed by atoms with Crippen LogP contribution in [0.2, 0.25) is 0 Å². The van der Waals surface area contributed by atoms with Crippen molar-refractivity contribution in [3.8, 4) is 0 Å². The summed E-state index contributed by atoms with van der Waals surface area (Å²) in [5.74, 6) is 1.59. The van der Waals surface area contributed by atoms with Gasteiger partial charge in [0.25, 0.3) is 0 Å². The third-order valence-corrected chi connectivity index (χ3v) is 3.14. The van der Waals surface area contributed by atoms with Crippen LogP contribution in [0.5, 0.6) is 0 Å². The SMILES string of the molecule is CC(=O)c1cccc(Nc2cc(NC3CC3)ncn2)c1. The lowest BCUT2D eigenvalue weighted by Crippen LogP contribution is -2.04. The Labute approximate surface area is 117 Å². The van der Waals surface area contributed by atoms with Crippen molar-refractivity contribution >= 4 is 23.1 Å². The summed E-state index contributed by atoms with van der Waals surface area (Å²) in [5.41, 5.74) is 1.52. The lowest BCUT2D eigenvalue weighted by molar-refractivity contribution is 0.101. The number of nitrogens with one attached hydrogen (secondary N) is 2. The molecule has 0 atom stereocenters. The minimum Gasteiger partial charge on any atom is -0.367 e. The van der Waals surface area contributed by atoms with Crippen LogP contribution in [0.15, 0.2) is 36.7 Å². The molecule has 1 aromatic carbocycles. The second kappa shape index (κ2) is 5.28. The molecule has 5 heteroatoms. The molecule has 0 amide bonds. The Morgan fingerprint density at radius 1 is 1.20 bits per heavy atom. The van der Waals surface area contributed by atoms with Crippen molar-refractivity contribution in [1.29, 1.82) is 0 Å². The number of nitrogens with zero attached hydrogens (tertiary/aromatic N) is 2. The number of hydrogen-bond acceptors (Lipinski definition) is 5. The second-order valence-corrected chi connectivity index (χ2v) is 4.97. The van der Waals surface area contributed by atoms with Crippen molar-refractivity contribution in [2.45, 2.75) is 25.8 Å². The first-order valence-corrected chi connectivity index (χ1v) is 6.67. The molecule has 0 spiro atoms. The molecule has 20 heavy (non-hydrogen) atoms. The fraction of sp³-hybridized carbons (Fsp3) is 0.267. The normalized spacial score (nSPS) is 13.8. The van der Waals surface area contributed by atoms with E-state index in [1.54, 1.807) is 13.0 Å². The largest absolute Gasteiger partial charge is 0.367 e. The van der Waals surface area contributed by atoms with Crippen molar-refractivity contribution in [2.75, 3.05) is 10.6 Å². The summed E-state index contributed by atoms with van der Waals surface area (Å²) in [5, 5.41) is 6.52. The van der Waals surface area contributed by atoms with Crippen molar-refractivity contribution in [3.05, 3.63) is 42.2 Å². The number of hydrogen-bond donors (Lipinski definition) is 2. The van der Waals surface area contributed by atoms with Crippen LogP contribution in [0.3, 0.4) is 0 Å². The fourth-order valence-electron chi connectivity index (χ4n) is 1.91. The predicted molar refractivity (Wildman–Crippen MR) is 78.4 cm³/mol. The quantitative estimate of drug-likeness (QED) is 0.816. The number of anilines is 3. The van der Waals surface area contributed by atoms with Crippen LogP contribution in [-0.4, -0.2) is 21.8 Å². The lowest BCUT2D eigenvalue weighted by Gasteiger charge is -2.08. The molecule has 1 saturated carbocycles. The van der Waals surface area contributed by atoms with Crippen LogP contribution in [0.4, 0.5) is 17.3 Å². The van der Waals surface area contributed by atoms with Crippen molar-refractivity contribution < 1.29 is 4.79 Å². The van der Waals surface area contributed by atoms with Crippen LogP contribution in [0.1, 0.15) is 30.1 Å². The second-order valence-electron chi connectivity index (χ2n) is 4.97. The fourth-order valence-corrected chi connectivity index (χ4v) is 1.91. The van der Waals surface area contributed by atoms with Gasteiger partial charge in [0.05, 0.1) is 0 Å². The van der Waals surface area contributed by atoms with Gasteiger partial charge >= 0.3 is 0 Å². The van der Waals surface area contributed by atoms with Gasteiger partial charge in [0.2, 0.25) is 0 Å². The Kier molecular flexibility index (Phi) is 3.33. The zero-order valence-corrected chi connectivity index (χ0v) is 11.3. The zero-order chi connectivity index (χ0) is 13.9.